The molecule has 10 aliphatic rings. The molecule has 20 heteroatoms. The summed E-state index contributed by atoms with van der Waals surface area (Å²) in [6.07, 6.45) is -41.4. The zero-order valence-corrected chi connectivity index (χ0v) is 67.0. The molecule has 0 bridgehead atoms. The fourth-order valence-corrected chi connectivity index (χ4v) is 13.7. The van der Waals surface area contributed by atoms with E-state index in [1.165, 1.54) is 42.3 Å². The van der Waals surface area contributed by atoms with Crippen molar-refractivity contribution in [1.29, 1.82) is 0 Å². The second-order valence-electron chi connectivity index (χ2n) is 29.6. The molecular formula is C96H147N5O15. The molecular weight excluding hydrogens is 1460 g/mol. The van der Waals surface area contributed by atoms with Crippen LogP contribution in [0.25, 0.3) is 0 Å². The summed E-state index contributed by atoms with van der Waals surface area (Å²) < 4.78 is 619. The third kappa shape index (κ3) is 21.3. The predicted molar refractivity (Wildman–Crippen MR) is 460 cm³/mol. The summed E-state index contributed by atoms with van der Waals surface area (Å²) in [4.78, 5) is 1.16. The van der Waals surface area contributed by atoms with Crippen LogP contribution in [0.15, 0.2) is 60.4 Å². The molecule has 10 heterocycles. The van der Waals surface area contributed by atoms with Gasteiger partial charge in [0.25, 0.3) is 0 Å². The molecule has 10 aliphatic heterocycles. The van der Waals surface area contributed by atoms with Gasteiger partial charge in [-0.25, -0.2) is 0 Å². The smallest absolute Gasteiger partial charge is 0.161 e. The van der Waals surface area contributed by atoms with Crippen LogP contribution in [0, 0.1) is 58.7 Å². The van der Waals surface area contributed by atoms with Crippen LogP contribution in [0.1, 0.15) is 318 Å². The maximum atomic E-state index is 11.6. The fourth-order valence-electron chi connectivity index (χ4n) is 13.7. The number of hydrogen-bond acceptors (Lipinski definition) is 20. The maximum Gasteiger partial charge on any atom is 0.161 e. The summed E-state index contributed by atoms with van der Waals surface area (Å²) >= 11 is 0. The van der Waals surface area contributed by atoms with Gasteiger partial charge in [-0.2, -0.15) is 0 Å². The Morgan fingerprint density at radius 3 is 0.948 bits per heavy atom. The van der Waals surface area contributed by atoms with Crippen molar-refractivity contribution < 1.29 is 165 Å². The molecule has 0 amide bonds. The molecule has 20 nitrogen and oxygen atoms in total. The highest BCUT2D eigenvalue weighted by Crippen LogP contribution is 2.51. The monoisotopic (exact) mass is 1680 g/mol. The van der Waals surface area contributed by atoms with E-state index in [1.807, 2.05) is 27.7 Å². The highest BCUT2D eigenvalue weighted by Gasteiger charge is 2.45. The van der Waals surface area contributed by atoms with E-state index in [-0.39, 0.29) is 69.8 Å². The van der Waals surface area contributed by atoms with Gasteiger partial charge in [0.2, 0.25) is 0 Å². The van der Waals surface area contributed by atoms with Crippen molar-refractivity contribution in [1.82, 2.24) is 24.5 Å². The van der Waals surface area contributed by atoms with Crippen LogP contribution in [-0.4, -0.2) is 216 Å². The minimum Gasteiger partial charge on any atom is -0.493 e. The molecule has 0 aliphatic carbocycles. The number of hydrogen-bond donors (Lipinski definition) is 5. The van der Waals surface area contributed by atoms with E-state index in [4.69, 9.17) is 135 Å². The summed E-state index contributed by atoms with van der Waals surface area (Å²) in [6.45, 7) is -25.7. The zero-order chi connectivity index (χ0) is 143. The van der Waals surface area contributed by atoms with Crippen molar-refractivity contribution in [3.05, 3.63) is 116 Å². The average Bonchev–Trinajstić information content (AvgIpc) is 0.648. The van der Waals surface area contributed by atoms with Crippen LogP contribution in [0.4, 0.5) is 0 Å². The van der Waals surface area contributed by atoms with E-state index in [0.717, 1.165) is 21.3 Å². The number of nitrogens with zero attached hydrogens (tertiary/aromatic N) is 5. The van der Waals surface area contributed by atoms with E-state index >= 15 is 0 Å². The Balaban J connectivity index is 0.000000213. The van der Waals surface area contributed by atoms with Crippen molar-refractivity contribution in [3.8, 4) is 57.5 Å². The van der Waals surface area contributed by atoms with Crippen molar-refractivity contribution in [2.45, 2.75) is 233 Å². The van der Waals surface area contributed by atoms with E-state index in [2.05, 4.69) is 0 Å². The van der Waals surface area contributed by atoms with Gasteiger partial charge in [-0.05, 0) is 271 Å². The molecule has 5 fully saturated rings. The van der Waals surface area contributed by atoms with E-state index in [1.54, 1.807) is 13.8 Å². The van der Waals surface area contributed by atoms with Crippen LogP contribution < -0.4 is 47.4 Å². The molecule has 5 aromatic rings. The van der Waals surface area contributed by atoms with E-state index < -0.39 is 429 Å². The molecule has 0 saturated carbocycles. The molecule has 0 spiro atoms. The van der Waals surface area contributed by atoms with Crippen LogP contribution in [0.3, 0.4) is 0 Å². The van der Waals surface area contributed by atoms with Gasteiger partial charge in [-0.1, -0.05) is 76.0 Å². The lowest BCUT2D eigenvalue weighted by Gasteiger charge is -2.47. The lowest BCUT2D eigenvalue weighted by atomic mass is 9.75. The van der Waals surface area contributed by atoms with Gasteiger partial charge in [0.15, 0.2) is 57.5 Å². The van der Waals surface area contributed by atoms with Gasteiger partial charge in [0, 0.05) is 154 Å². The Morgan fingerprint density at radius 1 is 0.379 bits per heavy atom. The molecule has 116 heavy (non-hydrogen) atoms. The Kier molecular flexibility index (Phi) is 12.9. The molecule has 15 atom stereocenters. The summed E-state index contributed by atoms with van der Waals surface area (Å²) in [7, 11) is -1.98. The summed E-state index contributed by atoms with van der Waals surface area (Å²) in [6, 6.07) is -20.9. The van der Waals surface area contributed by atoms with Gasteiger partial charge >= 0.3 is 0 Å². The molecule has 15 rings (SSSR count). The number of ether oxygens (including phenoxy) is 10. The largest absolute Gasteiger partial charge is 0.493 e. The first-order valence-electron chi connectivity index (χ1n) is 70.7. The Morgan fingerprint density at radius 2 is 0.647 bits per heavy atom. The second-order valence-corrected chi connectivity index (χ2v) is 29.6. The van der Waals surface area contributed by atoms with Gasteiger partial charge in [-0.15, -0.1) is 0 Å². The lowest BCUT2D eigenvalue weighted by Crippen LogP contribution is -2.48. The first kappa shape index (κ1) is 37.2. The molecule has 5 aromatic carbocycles. The number of methoxy groups -OCH3 is 10. The highest BCUT2D eigenvalue weighted by molar-refractivity contribution is 5.54. The minimum absolute atomic E-state index is 0.0430. The Bertz CT molecular complexity index is 7170. The predicted octanol–water partition coefficient (Wildman–Crippen LogP) is 15.5. The number of fused-ring (bicyclic) bond motifs is 15. The number of rotatable bonds is 19. The van der Waals surface area contributed by atoms with Gasteiger partial charge in [0.05, 0.1) is 134 Å². The number of piperidine rings is 5. The number of aliphatic hydroxyl groups excluding tert-OH is 3. The normalized spacial score (nSPS) is 47.8. The van der Waals surface area contributed by atoms with Crippen molar-refractivity contribution in [2.75, 3.05) is 136 Å². The van der Waals surface area contributed by atoms with Crippen molar-refractivity contribution in [2.24, 2.45) is 58.7 Å². The molecule has 15 unspecified atom stereocenters. The number of benzene rings is 5. The average molecular weight is 1680 g/mol. The Labute approximate surface area is 790 Å². The zero-order valence-electron chi connectivity index (χ0n) is 134. The first-order valence-corrected chi connectivity index (χ1v) is 37.2. The second kappa shape index (κ2) is 40.4. The standard InChI is InChI=1S/C20H31NO3.4C19H29NO3/c1-20(2,3)11-14-12-21-7-6-13-8-18(23-4)19(24-5)9-15(13)16(21)10-17(14)22;4*1-12(2)7-14-11-20-6-5-13-8-18(22-3)19(23-4)9-15(13)16(20)10-17(14)21/h8-9,14,16-17,22H,6-7,10-12H2,1-5H3;4*8-9,12,14,16-17,21H,5-7,10-11H2,1-4H3/i1D3,2D3,5D3,6D2,7D2,8D,9D,10D2,11D2,12D2,17D;4D3,5D2,6D2,8D,9D,10D2,11D2,14D,17D;4D3,5D2,6D2,8D,9D,11D2,16D;2*5D2,6D2,8D,9D,11D2,16D. The third-order valence-electron chi connectivity index (χ3n) is 19.0. The van der Waals surface area contributed by atoms with Crippen LogP contribution in [-0.2, 0) is 31.9 Å². The van der Waals surface area contributed by atoms with Crippen molar-refractivity contribution >= 4 is 0 Å². The lowest BCUT2D eigenvalue weighted by molar-refractivity contribution is -0.0259. The van der Waals surface area contributed by atoms with E-state index in [0.29, 0.717) is 21.6 Å². The molecule has 646 valence electrons. The fraction of sp³-hybridized carbons (Fsp3) is 0.688. The SMILES string of the molecule is [2H]c1c(OC([2H])([2H])[2H])c(OC)c([2H])c2c1C1([2H])CC(O)C(CC(C)C)C([2H])([2H])N1C([2H])([2H])C2([2H])[2H].[2H]c1c(OC([2H])([2H])[2H])c(OC)c([2H])c2c1C1N(C([2H])([2H])C(C([2H])([2H])C(C)(C([2H])([2H])[2H])C([2H])([2H])[2H])C([2H])(O)C1([2H])[2H])C([2H])([2H])C2([2H])[2H].[2H]c1c(OC([2H])([2H])[2H])c(OC)c([2H])c2c1C1N(C([2H])([2H])C2([2H])[2H])C([2H])([2H])C([2H])(CC(C)C)C([2H])(O)C1([2H])[2H].[2H]c1c(OC)c(OC)c([2H])c2c1C1([2H])CC(O)C(CC(C)C)C([2H])([2H])N1C([2H])([2H])C2([2H])[2H].[2H]c1c(OC)c(OC)c([2H])c2c1C1([2H])CC(O)C(CC(C)C)C([2H])([2H])N1C([2H])([2H])C2([2H])[2H]. The molecule has 5 N–H and O–H groups in total. The van der Waals surface area contributed by atoms with Gasteiger partial charge in [0.1, 0.15) is 0 Å². The maximum absolute atomic E-state index is 11.6. The van der Waals surface area contributed by atoms with Crippen LogP contribution >= 0.6 is 0 Å². The summed E-state index contributed by atoms with van der Waals surface area (Å²) in [5.74, 6) is -16.8. The van der Waals surface area contributed by atoms with Crippen LogP contribution in [0.2, 0.25) is 0 Å². The van der Waals surface area contributed by atoms with E-state index in [9.17, 15) is 29.6 Å². The molecule has 0 aromatic heterocycles. The quantitative estimate of drug-likeness (QED) is 0.0520. The third-order valence-corrected chi connectivity index (χ3v) is 19.0. The summed E-state index contributed by atoms with van der Waals surface area (Å²) in [5, 5.41) is 55.6. The highest BCUT2D eigenvalue weighted by atomic mass is 16.5. The first-order chi connectivity index (χ1) is 81.4. The minimum atomic E-state index is -4.24. The topological polar surface area (TPSA) is 210 Å². The molecule has 5 saturated heterocycles. The van der Waals surface area contributed by atoms with Gasteiger partial charge < -0.3 is 72.9 Å². The number of aliphatic hydroxyl groups is 5. The Hall–Kier alpha value is -6.30. The summed E-state index contributed by atoms with van der Waals surface area (Å²) in [5.41, 5.74) is -11.2. The van der Waals surface area contributed by atoms with Crippen LogP contribution in [0.5, 0.6) is 57.5 Å². The van der Waals surface area contributed by atoms with Crippen molar-refractivity contribution in [3.63, 3.8) is 0 Å². The van der Waals surface area contributed by atoms with Gasteiger partial charge in [-0.3, -0.25) is 24.5 Å². The molecule has 0 radical (unpaired) electrons.